The molecule has 25 heavy (non-hydrogen) atoms. The first kappa shape index (κ1) is 17.0. The Hall–Kier alpha value is -2.86. The molecule has 0 spiro atoms. The van der Waals surface area contributed by atoms with Gasteiger partial charge in [-0.15, -0.1) is 0 Å². The van der Waals surface area contributed by atoms with Gasteiger partial charge < -0.3 is 15.0 Å². The van der Waals surface area contributed by atoms with Gasteiger partial charge in [0, 0.05) is 22.8 Å². The Morgan fingerprint density at radius 3 is 2.80 bits per heavy atom. The number of hydrogen-bond acceptors (Lipinski definition) is 3. The molecule has 0 fully saturated rings. The molecule has 0 aliphatic heterocycles. The molecule has 0 aliphatic carbocycles. The molecule has 2 aromatic carbocycles. The number of aromatic amines is 1. The van der Waals surface area contributed by atoms with E-state index in [0.717, 1.165) is 22.5 Å². The normalized spacial score (nSPS) is 10.6. The number of rotatable bonds is 5. The molecule has 3 rings (SSSR count). The maximum atomic E-state index is 13.1. The van der Waals surface area contributed by atoms with Gasteiger partial charge in [0.1, 0.15) is 5.82 Å². The number of carbonyl (C=O) groups excluding carboxylic acids is 2. The number of amides is 1. The van der Waals surface area contributed by atoms with Gasteiger partial charge in [-0.05, 0) is 29.8 Å². The molecule has 0 unspecified atom stereocenters. The fourth-order valence-electron chi connectivity index (χ4n) is 2.40. The Labute approximate surface area is 147 Å². The first-order valence-electron chi connectivity index (χ1n) is 7.48. The first-order valence-corrected chi connectivity index (χ1v) is 7.86. The third-order valence-electron chi connectivity index (χ3n) is 3.58. The molecule has 7 heteroatoms. The summed E-state index contributed by atoms with van der Waals surface area (Å²) in [4.78, 5) is 26.8. The summed E-state index contributed by atoms with van der Waals surface area (Å²) in [5.74, 6) is -1.63. The Balaban J connectivity index is 1.53. The number of fused-ring (bicyclic) bond motifs is 1. The Morgan fingerprint density at radius 2 is 2.00 bits per heavy atom. The van der Waals surface area contributed by atoms with E-state index >= 15 is 0 Å². The van der Waals surface area contributed by atoms with Gasteiger partial charge in [0.05, 0.1) is 11.4 Å². The van der Waals surface area contributed by atoms with Crippen LogP contribution >= 0.6 is 11.6 Å². The van der Waals surface area contributed by atoms with Crippen LogP contribution < -0.4 is 5.32 Å². The van der Waals surface area contributed by atoms with Gasteiger partial charge in [0.2, 0.25) is 0 Å². The summed E-state index contributed by atoms with van der Waals surface area (Å²) in [5, 5.41) is 3.31. The molecular formula is C18H14ClFN2O3. The number of nitrogens with one attached hydrogen (secondary N) is 2. The summed E-state index contributed by atoms with van der Waals surface area (Å²) in [6.45, 7) is -0.434. The average molecular weight is 361 g/mol. The number of benzene rings is 2. The monoisotopic (exact) mass is 360 g/mol. The quantitative estimate of drug-likeness (QED) is 0.682. The molecule has 1 aromatic heterocycles. The van der Waals surface area contributed by atoms with Crippen molar-refractivity contribution in [2.75, 3.05) is 11.9 Å². The summed E-state index contributed by atoms with van der Waals surface area (Å²) in [5.41, 5.74) is 2.05. The van der Waals surface area contributed by atoms with Crippen LogP contribution in [0.25, 0.3) is 10.9 Å². The Morgan fingerprint density at radius 1 is 1.20 bits per heavy atom. The van der Waals surface area contributed by atoms with Gasteiger partial charge in [-0.1, -0.05) is 29.8 Å². The van der Waals surface area contributed by atoms with E-state index in [9.17, 15) is 14.0 Å². The summed E-state index contributed by atoms with van der Waals surface area (Å²) in [6.07, 6.45) is 1.80. The molecule has 2 N–H and O–H groups in total. The number of para-hydroxylation sites is 1. The van der Waals surface area contributed by atoms with E-state index in [0.29, 0.717) is 5.69 Å². The largest absolute Gasteiger partial charge is 0.455 e. The predicted molar refractivity (Wildman–Crippen MR) is 93.0 cm³/mol. The summed E-state index contributed by atoms with van der Waals surface area (Å²) >= 11 is 5.64. The van der Waals surface area contributed by atoms with Crippen LogP contribution in [0.3, 0.4) is 0 Å². The van der Waals surface area contributed by atoms with Gasteiger partial charge >= 0.3 is 5.97 Å². The van der Waals surface area contributed by atoms with Gasteiger partial charge in [0.25, 0.3) is 5.91 Å². The van der Waals surface area contributed by atoms with Crippen molar-refractivity contribution in [3.8, 4) is 0 Å². The predicted octanol–water partition coefficient (Wildman–Crippen LogP) is 3.68. The SMILES string of the molecule is O=C(COC(=O)Cc1c[nH]c2ccccc12)Nc1ccc(F)c(Cl)c1. The number of anilines is 1. The zero-order chi connectivity index (χ0) is 17.8. The lowest BCUT2D eigenvalue weighted by atomic mass is 10.1. The Kier molecular flexibility index (Phi) is 5.00. The molecule has 1 heterocycles. The average Bonchev–Trinajstić information content (AvgIpc) is 2.99. The molecular weight excluding hydrogens is 347 g/mol. The van der Waals surface area contributed by atoms with Gasteiger partial charge in [-0.25, -0.2) is 4.39 Å². The van der Waals surface area contributed by atoms with Crippen molar-refractivity contribution in [1.82, 2.24) is 4.98 Å². The molecule has 5 nitrogen and oxygen atoms in total. The zero-order valence-electron chi connectivity index (χ0n) is 13.0. The summed E-state index contributed by atoms with van der Waals surface area (Å²) in [7, 11) is 0. The van der Waals surface area contributed by atoms with Crippen molar-refractivity contribution in [1.29, 1.82) is 0 Å². The number of aromatic nitrogens is 1. The number of H-pyrrole nitrogens is 1. The standard InChI is InChI=1S/C18H14ClFN2O3/c19-14-8-12(5-6-15(14)20)22-17(23)10-25-18(24)7-11-9-21-16-4-2-1-3-13(11)16/h1-6,8-9,21H,7,10H2,(H,22,23). The minimum Gasteiger partial charge on any atom is -0.455 e. The highest BCUT2D eigenvalue weighted by molar-refractivity contribution is 6.31. The number of ether oxygens (including phenoxy) is 1. The van der Waals surface area contributed by atoms with E-state index in [1.165, 1.54) is 12.1 Å². The van der Waals surface area contributed by atoms with Crippen LogP contribution in [0, 0.1) is 5.82 Å². The van der Waals surface area contributed by atoms with Crippen LogP contribution in [-0.4, -0.2) is 23.5 Å². The summed E-state index contributed by atoms with van der Waals surface area (Å²) < 4.78 is 18.0. The smallest absolute Gasteiger partial charge is 0.310 e. The van der Waals surface area contributed by atoms with Crippen molar-refractivity contribution in [2.45, 2.75) is 6.42 Å². The van der Waals surface area contributed by atoms with Crippen molar-refractivity contribution < 1.29 is 18.7 Å². The minimum absolute atomic E-state index is 0.0552. The highest BCUT2D eigenvalue weighted by Crippen LogP contribution is 2.20. The molecule has 0 bridgehead atoms. The summed E-state index contributed by atoms with van der Waals surface area (Å²) in [6, 6.07) is 11.4. The molecule has 0 saturated heterocycles. The number of esters is 1. The van der Waals surface area contributed by atoms with Crippen LogP contribution in [0.5, 0.6) is 0 Å². The zero-order valence-corrected chi connectivity index (χ0v) is 13.8. The van der Waals surface area contributed by atoms with E-state index < -0.39 is 24.3 Å². The van der Waals surface area contributed by atoms with E-state index in [-0.39, 0.29) is 11.4 Å². The molecule has 0 saturated carbocycles. The molecule has 128 valence electrons. The second-order valence-corrected chi connectivity index (χ2v) is 5.78. The van der Waals surface area contributed by atoms with Crippen molar-refractivity contribution in [3.05, 3.63) is 65.1 Å². The molecule has 0 radical (unpaired) electrons. The first-order chi connectivity index (χ1) is 12.0. The third-order valence-corrected chi connectivity index (χ3v) is 3.87. The lowest BCUT2D eigenvalue weighted by Gasteiger charge is -2.07. The second kappa shape index (κ2) is 7.36. The van der Waals surface area contributed by atoms with Crippen molar-refractivity contribution in [2.24, 2.45) is 0 Å². The van der Waals surface area contributed by atoms with Gasteiger partial charge in [0.15, 0.2) is 6.61 Å². The highest BCUT2D eigenvalue weighted by atomic mass is 35.5. The number of carbonyl (C=O) groups is 2. The van der Waals surface area contributed by atoms with E-state index in [1.54, 1.807) is 6.20 Å². The fraction of sp³-hybridized carbons (Fsp3) is 0.111. The maximum Gasteiger partial charge on any atom is 0.310 e. The van der Waals surface area contributed by atoms with Gasteiger partial charge in [-0.2, -0.15) is 0 Å². The van der Waals surface area contributed by atoms with Crippen LogP contribution in [0.4, 0.5) is 10.1 Å². The highest BCUT2D eigenvalue weighted by Gasteiger charge is 2.12. The lowest BCUT2D eigenvalue weighted by Crippen LogP contribution is -2.21. The molecule has 3 aromatic rings. The van der Waals surface area contributed by atoms with Crippen LogP contribution in [0.1, 0.15) is 5.56 Å². The van der Waals surface area contributed by atoms with E-state index in [4.69, 9.17) is 16.3 Å². The van der Waals surface area contributed by atoms with Gasteiger partial charge in [-0.3, -0.25) is 9.59 Å². The second-order valence-electron chi connectivity index (χ2n) is 5.37. The topological polar surface area (TPSA) is 71.2 Å². The van der Waals surface area contributed by atoms with Crippen LogP contribution in [0.15, 0.2) is 48.7 Å². The number of hydrogen-bond donors (Lipinski definition) is 2. The molecule has 0 atom stereocenters. The Bertz CT molecular complexity index is 939. The van der Waals surface area contributed by atoms with Crippen LogP contribution in [-0.2, 0) is 20.7 Å². The minimum atomic E-state index is -0.579. The van der Waals surface area contributed by atoms with Crippen molar-refractivity contribution in [3.63, 3.8) is 0 Å². The molecule has 1 amide bonds. The fourth-order valence-corrected chi connectivity index (χ4v) is 2.58. The van der Waals surface area contributed by atoms with E-state index in [1.807, 2.05) is 24.3 Å². The maximum absolute atomic E-state index is 13.1. The van der Waals surface area contributed by atoms with E-state index in [2.05, 4.69) is 10.3 Å². The lowest BCUT2D eigenvalue weighted by molar-refractivity contribution is -0.146. The third kappa shape index (κ3) is 4.16. The number of halogens is 2. The molecule has 0 aliphatic rings. The van der Waals surface area contributed by atoms with Crippen LogP contribution in [0.2, 0.25) is 5.02 Å². The van der Waals surface area contributed by atoms with Crippen molar-refractivity contribution >= 4 is 40.1 Å².